The van der Waals surface area contributed by atoms with Crippen LogP contribution in [0, 0.1) is 5.41 Å². The first-order chi connectivity index (χ1) is 5.04. The van der Waals surface area contributed by atoms with Crippen molar-refractivity contribution in [3.8, 4) is 0 Å². The van der Waals surface area contributed by atoms with Gasteiger partial charge in [0.05, 0.1) is 5.41 Å². The molecule has 0 amide bonds. The molecule has 4 heteroatoms. The minimum Gasteiger partial charge on any atom is -0.476 e. The molecule has 0 aromatic carbocycles. The minimum atomic E-state index is -0.386. The summed E-state index contributed by atoms with van der Waals surface area (Å²) in [7, 11) is 6.38. The number of ether oxygens (including phenoxy) is 1. The van der Waals surface area contributed by atoms with Gasteiger partial charge in [0.15, 0.2) is 0 Å². The lowest BCUT2D eigenvalue weighted by molar-refractivity contribution is -0.151. The zero-order valence-electron chi connectivity index (χ0n) is 7.39. The number of rotatable bonds is 4. The lowest BCUT2D eigenvalue weighted by Crippen LogP contribution is -2.27. The summed E-state index contributed by atoms with van der Waals surface area (Å²) in [5.41, 5.74) is -0.386. The molecule has 3 radical (unpaired) electrons. The summed E-state index contributed by atoms with van der Waals surface area (Å²) in [6.45, 7) is 5.85. The van der Waals surface area contributed by atoms with Gasteiger partial charge in [-0.25, -0.2) is 0 Å². The molecule has 0 atom stereocenters. The zero-order valence-corrected chi connectivity index (χ0v) is 7.39. The fraction of sp³-hybridized carbons (Fsp3) is 0.857. The fourth-order valence-corrected chi connectivity index (χ4v) is 0.464. The van der Waals surface area contributed by atoms with E-state index in [0.29, 0.717) is 0 Å². The predicted octanol–water partition coefficient (Wildman–Crippen LogP) is 0.711. The highest BCUT2D eigenvalue weighted by molar-refractivity contribution is 6.89. The van der Waals surface area contributed by atoms with Crippen LogP contribution < -0.4 is 0 Å². The summed E-state index contributed by atoms with van der Waals surface area (Å²) < 4.78 is 4.83. The summed E-state index contributed by atoms with van der Waals surface area (Å²) in [6.07, 6.45) is 0.774. The maximum absolute atomic E-state index is 11.2. The molecule has 0 spiro atoms. The molecule has 0 fully saturated rings. The van der Waals surface area contributed by atoms with Crippen LogP contribution in [-0.4, -0.2) is 27.4 Å². The number of esters is 1. The van der Waals surface area contributed by atoms with Gasteiger partial charge in [0.25, 0.3) is 0 Å². The summed E-state index contributed by atoms with van der Waals surface area (Å²) >= 11 is 0. The van der Waals surface area contributed by atoms with E-state index in [1.54, 1.807) is 0 Å². The lowest BCUT2D eigenvalue weighted by Gasteiger charge is -2.19. The van der Waals surface area contributed by atoms with E-state index in [4.69, 9.17) is 12.5 Å². The SMILES string of the molecule is [B][B]COC(=O)C(C)(C)CC. The molecule has 0 rings (SSSR count). The van der Waals surface area contributed by atoms with Crippen molar-refractivity contribution in [3.63, 3.8) is 0 Å². The second-order valence-corrected chi connectivity index (χ2v) is 3.07. The number of carbonyl (C=O) groups excluding carboxylic acids is 1. The third-order valence-electron chi connectivity index (χ3n) is 1.75. The zero-order chi connectivity index (χ0) is 8.91. The molecule has 0 aliphatic heterocycles. The van der Waals surface area contributed by atoms with Gasteiger partial charge in [-0.3, -0.25) is 4.79 Å². The molecule has 2 nitrogen and oxygen atoms in total. The summed E-state index contributed by atoms with van der Waals surface area (Å²) in [4.78, 5) is 11.2. The average Bonchev–Trinajstić information content (AvgIpc) is 2.00. The molecule has 0 aromatic rings. The van der Waals surface area contributed by atoms with Crippen LogP contribution in [0.1, 0.15) is 27.2 Å². The second-order valence-electron chi connectivity index (χ2n) is 3.07. The molecular formula is C7H13B2O2. The first-order valence-electron chi connectivity index (χ1n) is 3.75. The Morgan fingerprint density at radius 3 is 2.55 bits per heavy atom. The van der Waals surface area contributed by atoms with Crippen molar-refractivity contribution >= 4 is 20.9 Å². The number of hydrogen-bond acceptors (Lipinski definition) is 2. The maximum Gasteiger partial charge on any atom is 0.310 e. The van der Waals surface area contributed by atoms with Crippen LogP contribution in [0.15, 0.2) is 0 Å². The highest BCUT2D eigenvalue weighted by atomic mass is 16.5. The van der Waals surface area contributed by atoms with Gasteiger partial charge in [-0.15, -0.1) is 0 Å². The van der Waals surface area contributed by atoms with Crippen molar-refractivity contribution in [2.75, 3.05) is 6.51 Å². The van der Waals surface area contributed by atoms with E-state index in [1.807, 2.05) is 20.8 Å². The average molecular weight is 151 g/mol. The predicted molar refractivity (Wildman–Crippen MR) is 46.5 cm³/mol. The Hall–Kier alpha value is -0.400. The van der Waals surface area contributed by atoms with Crippen molar-refractivity contribution in [3.05, 3.63) is 0 Å². The van der Waals surface area contributed by atoms with Gasteiger partial charge in [0.2, 0.25) is 0 Å². The molecule has 11 heavy (non-hydrogen) atoms. The Balaban J connectivity index is 3.82. The third-order valence-corrected chi connectivity index (χ3v) is 1.75. The third kappa shape index (κ3) is 3.49. The van der Waals surface area contributed by atoms with Crippen LogP contribution in [0.5, 0.6) is 0 Å². The van der Waals surface area contributed by atoms with E-state index in [0.717, 1.165) is 6.42 Å². The molecule has 59 valence electrons. The van der Waals surface area contributed by atoms with Crippen LogP contribution in [0.25, 0.3) is 0 Å². The van der Waals surface area contributed by atoms with E-state index in [-0.39, 0.29) is 17.9 Å². The van der Waals surface area contributed by atoms with E-state index in [2.05, 4.69) is 0 Å². The monoisotopic (exact) mass is 151 g/mol. The molecule has 0 heterocycles. The molecule has 0 aliphatic carbocycles. The fourth-order valence-electron chi connectivity index (χ4n) is 0.464. The first-order valence-corrected chi connectivity index (χ1v) is 3.75. The number of carbonyl (C=O) groups is 1. The normalized spacial score (nSPS) is 10.8. The van der Waals surface area contributed by atoms with Crippen molar-refractivity contribution in [2.24, 2.45) is 5.41 Å². The van der Waals surface area contributed by atoms with Gasteiger partial charge in [-0.1, -0.05) is 6.92 Å². The van der Waals surface area contributed by atoms with Gasteiger partial charge in [-0.2, -0.15) is 0 Å². The Morgan fingerprint density at radius 2 is 2.18 bits per heavy atom. The summed E-state index contributed by atoms with van der Waals surface area (Å²) in [5.74, 6) is -0.193. The molecule has 0 bridgehead atoms. The van der Waals surface area contributed by atoms with Gasteiger partial charge in [-0.05, 0) is 20.3 Å². The van der Waals surface area contributed by atoms with Crippen molar-refractivity contribution in [1.29, 1.82) is 0 Å². The molecule has 0 aromatic heterocycles. The highest BCUT2D eigenvalue weighted by Crippen LogP contribution is 2.20. The topological polar surface area (TPSA) is 26.3 Å². The van der Waals surface area contributed by atoms with E-state index >= 15 is 0 Å². The van der Waals surface area contributed by atoms with E-state index in [1.165, 1.54) is 7.17 Å². The van der Waals surface area contributed by atoms with Gasteiger partial charge in [0.1, 0.15) is 7.17 Å². The first kappa shape index (κ1) is 10.6. The minimum absolute atomic E-state index is 0.193. The van der Waals surface area contributed by atoms with E-state index < -0.39 is 0 Å². The molecule has 0 saturated heterocycles. The van der Waals surface area contributed by atoms with Crippen LogP contribution in [0.4, 0.5) is 0 Å². The van der Waals surface area contributed by atoms with Gasteiger partial charge < -0.3 is 4.74 Å². The standard InChI is InChI=1S/C7H13B2O2/c1-4-7(2,3)6(10)11-5-9-8/h4-5H2,1-3H3. The van der Waals surface area contributed by atoms with Crippen LogP contribution >= 0.6 is 0 Å². The molecular weight excluding hydrogens is 138 g/mol. The van der Waals surface area contributed by atoms with Crippen molar-refractivity contribution in [2.45, 2.75) is 27.2 Å². The maximum atomic E-state index is 11.2. The molecule has 0 N–H and O–H groups in total. The molecule has 0 saturated carbocycles. The second kappa shape index (κ2) is 4.47. The lowest BCUT2D eigenvalue weighted by atomic mass is 9.57. The quantitative estimate of drug-likeness (QED) is 0.436. The van der Waals surface area contributed by atoms with Crippen molar-refractivity contribution < 1.29 is 9.53 Å². The Bertz CT molecular complexity index is 134. The van der Waals surface area contributed by atoms with Crippen molar-refractivity contribution in [1.82, 2.24) is 0 Å². The summed E-state index contributed by atoms with van der Waals surface area (Å²) in [5, 5.41) is 0. The van der Waals surface area contributed by atoms with Crippen LogP contribution in [0.3, 0.4) is 0 Å². The molecule has 0 aliphatic rings. The van der Waals surface area contributed by atoms with Crippen LogP contribution in [0.2, 0.25) is 0 Å². The van der Waals surface area contributed by atoms with Gasteiger partial charge in [0, 0.05) is 14.2 Å². The Morgan fingerprint density at radius 1 is 1.64 bits per heavy atom. The Labute approximate surface area is 70.3 Å². The highest BCUT2D eigenvalue weighted by Gasteiger charge is 2.26. The largest absolute Gasteiger partial charge is 0.476 e. The summed E-state index contributed by atoms with van der Waals surface area (Å²) in [6, 6.07) is 0. The smallest absolute Gasteiger partial charge is 0.310 e. The van der Waals surface area contributed by atoms with E-state index in [9.17, 15) is 4.79 Å². The van der Waals surface area contributed by atoms with Crippen LogP contribution in [-0.2, 0) is 9.53 Å². The van der Waals surface area contributed by atoms with Gasteiger partial charge >= 0.3 is 5.97 Å². The molecule has 0 unspecified atom stereocenters. The Kier molecular flexibility index (Phi) is 4.31. The number of hydrogen-bond donors (Lipinski definition) is 0.